The van der Waals surface area contributed by atoms with Crippen LogP contribution in [0.5, 0.6) is 5.75 Å². The summed E-state index contributed by atoms with van der Waals surface area (Å²) in [6.45, 7) is 4.45. The van der Waals surface area contributed by atoms with Gasteiger partial charge in [-0.05, 0) is 56.2 Å². The van der Waals surface area contributed by atoms with Crippen molar-refractivity contribution in [2.75, 3.05) is 6.61 Å². The van der Waals surface area contributed by atoms with Crippen LogP contribution in [0.25, 0.3) is 17.3 Å². The van der Waals surface area contributed by atoms with E-state index in [-0.39, 0.29) is 0 Å². The van der Waals surface area contributed by atoms with Crippen molar-refractivity contribution in [2.45, 2.75) is 26.7 Å². The first-order chi connectivity index (χ1) is 14.5. The predicted molar refractivity (Wildman–Crippen MR) is 119 cm³/mol. The average molecular weight is 442 g/mol. The van der Waals surface area contributed by atoms with Gasteiger partial charge in [-0.2, -0.15) is 4.98 Å². The molecule has 0 N–H and O–H groups in total. The van der Waals surface area contributed by atoms with Crippen LogP contribution in [0.4, 0.5) is 0 Å². The third kappa shape index (κ3) is 4.53. The fourth-order valence-electron chi connectivity index (χ4n) is 3.21. The van der Waals surface area contributed by atoms with Crippen molar-refractivity contribution < 1.29 is 9.15 Å². The molecule has 0 saturated heterocycles. The van der Waals surface area contributed by atoms with Gasteiger partial charge in [0.05, 0.1) is 6.61 Å². The van der Waals surface area contributed by atoms with Crippen LogP contribution in [0.3, 0.4) is 0 Å². The molecule has 7 heteroatoms. The van der Waals surface area contributed by atoms with E-state index in [0.29, 0.717) is 29.1 Å². The van der Waals surface area contributed by atoms with Gasteiger partial charge in [-0.1, -0.05) is 35.3 Å². The van der Waals surface area contributed by atoms with Crippen LogP contribution in [0, 0.1) is 13.8 Å². The molecule has 4 aromatic rings. The fraction of sp³-hybridized carbons (Fsp3) is 0.217. The molecule has 0 spiro atoms. The van der Waals surface area contributed by atoms with Crippen molar-refractivity contribution in [1.82, 2.24) is 14.5 Å². The molecule has 0 bridgehead atoms. The van der Waals surface area contributed by atoms with Crippen molar-refractivity contribution in [3.63, 3.8) is 0 Å². The SMILES string of the molecule is Cc1cc(Cl)ccc1OCCCc1oc(-n2ccnc2C)nc1-c1ccc(Cl)cc1. The van der Waals surface area contributed by atoms with E-state index in [1.807, 2.05) is 67.1 Å². The largest absolute Gasteiger partial charge is 0.493 e. The molecule has 0 aliphatic heterocycles. The third-order valence-electron chi connectivity index (χ3n) is 4.78. The molecule has 4 rings (SSSR count). The molecule has 0 aliphatic rings. The summed E-state index contributed by atoms with van der Waals surface area (Å²) in [5, 5.41) is 1.39. The highest BCUT2D eigenvalue weighted by atomic mass is 35.5. The van der Waals surface area contributed by atoms with Crippen LogP contribution in [0.1, 0.15) is 23.6 Å². The zero-order chi connectivity index (χ0) is 21.1. The molecule has 2 aromatic heterocycles. The monoisotopic (exact) mass is 441 g/mol. The second kappa shape index (κ2) is 8.94. The number of aromatic nitrogens is 3. The Labute approximate surface area is 185 Å². The van der Waals surface area contributed by atoms with Crippen LogP contribution in [0.2, 0.25) is 10.0 Å². The lowest BCUT2D eigenvalue weighted by molar-refractivity contribution is 0.304. The van der Waals surface area contributed by atoms with Gasteiger partial charge in [0.15, 0.2) is 0 Å². The van der Waals surface area contributed by atoms with Gasteiger partial charge in [0.1, 0.15) is 23.0 Å². The second-order valence-electron chi connectivity index (χ2n) is 6.98. The minimum atomic E-state index is 0.499. The zero-order valence-corrected chi connectivity index (χ0v) is 18.2. The number of imidazole rings is 1. The number of nitrogens with zero attached hydrogens (tertiary/aromatic N) is 3. The summed E-state index contributed by atoms with van der Waals surface area (Å²) in [4.78, 5) is 8.99. The molecule has 30 heavy (non-hydrogen) atoms. The summed E-state index contributed by atoms with van der Waals surface area (Å²) >= 11 is 12.1. The van der Waals surface area contributed by atoms with Crippen LogP contribution in [-0.4, -0.2) is 21.1 Å². The molecule has 0 amide bonds. The maximum Gasteiger partial charge on any atom is 0.307 e. The fourth-order valence-corrected chi connectivity index (χ4v) is 3.57. The molecule has 154 valence electrons. The van der Waals surface area contributed by atoms with Gasteiger partial charge in [-0.3, -0.25) is 4.57 Å². The summed E-state index contributed by atoms with van der Waals surface area (Å²) in [5.41, 5.74) is 2.77. The van der Waals surface area contributed by atoms with Crippen molar-refractivity contribution in [1.29, 1.82) is 0 Å². The van der Waals surface area contributed by atoms with Gasteiger partial charge < -0.3 is 9.15 Å². The summed E-state index contributed by atoms with van der Waals surface area (Å²) in [6.07, 6.45) is 5.03. The van der Waals surface area contributed by atoms with Gasteiger partial charge in [-0.25, -0.2) is 4.98 Å². The molecule has 0 radical (unpaired) electrons. The maximum absolute atomic E-state index is 6.12. The first-order valence-electron chi connectivity index (χ1n) is 9.66. The molecule has 5 nitrogen and oxygen atoms in total. The van der Waals surface area contributed by atoms with Crippen molar-refractivity contribution >= 4 is 23.2 Å². The summed E-state index contributed by atoms with van der Waals surface area (Å²) in [7, 11) is 0. The summed E-state index contributed by atoms with van der Waals surface area (Å²) in [6, 6.07) is 13.7. The molecular weight excluding hydrogens is 421 g/mol. The standard InChI is InChI=1S/C23H21Cl2N3O2/c1-15-14-19(25)9-10-20(15)29-13-3-4-21-22(17-5-7-18(24)8-6-17)27-23(30-21)28-12-11-26-16(28)2/h5-12,14H,3-4,13H2,1-2H3. The Bertz CT molecular complexity index is 1150. The number of aryl methyl sites for hydroxylation is 3. The van der Waals surface area contributed by atoms with Gasteiger partial charge in [0.2, 0.25) is 0 Å². The minimum Gasteiger partial charge on any atom is -0.493 e. The van der Waals surface area contributed by atoms with Crippen LogP contribution in [-0.2, 0) is 6.42 Å². The van der Waals surface area contributed by atoms with E-state index in [2.05, 4.69) is 4.98 Å². The Balaban J connectivity index is 1.53. The van der Waals surface area contributed by atoms with E-state index in [1.165, 1.54) is 0 Å². The van der Waals surface area contributed by atoms with E-state index < -0.39 is 0 Å². The van der Waals surface area contributed by atoms with E-state index in [4.69, 9.17) is 37.3 Å². The Morgan fingerprint density at radius 1 is 1.03 bits per heavy atom. The third-order valence-corrected chi connectivity index (χ3v) is 5.27. The lowest BCUT2D eigenvalue weighted by Crippen LogP contribution is -2.01. The number of halogens is 2. The van der Waals surface area contributed by atoms with Crippen LogP contribution < -0.4 is 4.74 Å². The molecular formula is C23H21Cl2N3O2. The van der Waals surface area contributed by atoms with Gasteiger partial charge in [0, 0.05) is 34.4 Å². The summed E-state index contributed by atoms with van der Waals surface area (Å²) in [5.74, 6) is 2.45. The molecule has 0 aliphatic carbocycles. The number of rotatable bonds is 7. The zero-order valence-electron chi connectivity index (χ0n) is 16.7. The Kier molecular flexibility index (Phi) is 6.11. The van der Waals surface area contributed by atoms with Gasteiger partial charge >= 0.3 is 6.01 Å². The Hall–Kier alpha value is -2.76. The number of oxazole rings is 1. The molecule has 0 unspecified atom stereocenters. The minimum absolute atomic E-state index is 0.499. The molecule has 0 fully saturated rings. The van der Waals surface area contributed by atoms with Crippen molar-refractivity contribution in [2.24, 2.45) is 0 Å². The number of benzene rings is 2. The lowest BCUT2D eigenvalue weighted by Gasteiger charge is -2.09. The Morgan fingerprint density at radius 2 is 1.80 bits per heavy atom. The van der Waals surface area contributed by atoms with E-state index in [9.17, 15) is 0 Å². The summed E-state index contributed by atoms with van der Waals surface area (Å²) < 4.78 is 13.9. The Morgan fingerprint density at radius 3 is 2.50 bits per heavy atom. The smallest absolute Gasteiger partial charge is 0.307 e. The highest BCUT2D eigenvalue weighted by molar-refractivity contribution is 6.30. The molecule has 0 atom stereocenters. The normalized spacial score (nSPS) is 11.1. The highest BCUT2D eigenvalue weighted by Crippen LogP contribution is 2.28. The molecule has 2 aromatic carbocycles. The van der Waals surface area contributed by atoms with Crippen molar-refractivity contribution in [3.05, 3.63) is 82.1 Å². The van der Waals surface area contributed by atoms with Gasteiger partial charge in [0.25, 0.3) is 0 Å². The lowest BCUT2D eigenvalue weighted by atomic mass is 10.1. The molecule has 0 saturated carbocycles. The highest BCUT2D eigenvalue weighted by Gasteiger charge is 2.17. The number of hydrogen-bond acceptors (Lipinski definition) is 4. The van der Waals surface area contributed by atoms with Crippen molar-refractivity contribution in [3.8, 4) is 23.0 Å². The van der Waals surface area contributed by atoms with Gasteiger partial charge in [-0.15, -0.1) is 0 Å². The molecule has 2 heterocycles. The van der Waals surface area contributed by atoms with Crippen LogP contribution >= 0.6 is 23.2 Å². The number of ether oxygens (including phenoxy) is 1. The first-order valence-corrected chi connectivity index (χ1v) is 10.4. The number of hydrogen-bond donors (Lipinski definition) is 0. The van der Waals surface area contributed by atoms with E-state index in [1.54, 1.807) is 6.20 Å². The predicted octanol–water partition coefficient (Wildman–Crippen LogP) is 6.46. The topological polar surface area (TPSA) is 53.1 Å². The van der Waals surface area contributed by atoms with Crippen LogP contribution in [0.15, 0.2) is 59.3 Å². The first kappa shape index (κ1) is 20.5. The van der Waals surface area contributed by atoms with E-state index in [0.717, 1.165) is 40.6 Å². The average Bonchev–Trinajstić information content (AvgIpc) is 3.33. The quantitative estimate of drug-likeness (QED) is 0.308. The van der Waals surface area contributed by atoms with E-state index >= 15 is 0 Å². The second-order valence-corrected chi connectivity index (χ2v) is 7.85. The maximum atomic E-state index is 6.12.